The molecule has 0 aromatic rings. The molecule has 4 rings (SSSR count). The van der Waals surface area contributed by atoms with Gasteiger partial charge in [0.1, 0.15) is 0 Å². The number of carbonyl (C=O) groups excluding carboxylic acids is 1. The van der Waals surface area contributed by atoms with E-state index in [1.54, 1.807) is 0 Å². The van der Waals surface area contributed by atoms with E-state index in [9.17, 15) is 14.7 Å². The van der Waals surface area contributed by atoms with E-state index < -0.39 is 11.4 Å². The van der Waals surface area contributed by atoms with Gasteiger partial charge in [-0.25, -0.2) is 0 Å². The second-order valence-electron chi connectivity index (χ2n) is 9.94. The number of carboxylic acid groups (broad SMARTS) is 1. The Bertz CT molecular complexity index is 600. The maximum atomic E-state index is 12.3. The SMILES string of the molecule is C[C@@]12CC[C@@H]3[C@@](CC[C@H]4[C@@]3(C)CCC[C@@]4(C)C(=O)O)(COC1=O)C2. The van der Waals surface area contributed by atoms with Crippen LogP contribution in [0.4, 0.5) is 0 Å². The molecule has 0 amide bonds. The number of cyclic esters (lactones) is 1. The summed E-state index contributed by atoms with van der Waals surface area (Å²) in [4.78, 5) is 24.3. The topological polar surface area (TPSA) is 63.6 Å². The van der Waals surface area contributed by atoms with Crippen molar-refractivity contribution in [1.29, 1.82) is 0 Å². The van der Waals surface area contributed by atoms with Crippen LogP contribution in [0.2, 0.25) is 0 Å². The lowest BCUT2D eigenvalue weighted by atomic mass is 9.38. The molecule has 134 valence electrons. The summed E-state index contributed by atoms with van der Waals surface area (Å²) in [6, 6.07) is 0. The fourth-order valence-electron chi connectivity index (χ4n) is 7.50. The van der Waals surface area contributed by atoms with Gasteiger partial charge in [-0.3, -0.25) is 9.59 Å². The molecule has 1 aliphatic heterocycles. The van der Waals surface area contributed by atoms with Gasteiger partial charge in [0.25, 0.3) is 0 Å². The minimum absolute atomic E-state index is 0.0159. The molecular formula is C20H30O4. The average Bonchev–Trinajstić information content (AvgIpc) is 2.50. The van der Waals surface area contributed by atoms with Gasteiger partial charge in [-0.05, 0) is 76.0 Å². The Morgan fingerprint density at radius 3 is 2.50 bits per heavy atom. The number of fused-ring (bicyclic) bond motifs is 3. The lowest BCUT2D eigenvalue weighted by Gasteiger charge is -2.66. The van der Waals surface area contributed by atoms with Crippen molar-refractivity contribution in [2.75, 3.05) is 6.61 Å². The molecule has 24 heavy (non-hydrogen) atoms. The Balaban J connectivity index is 1.74. The van der Waals surface area contributed by atoms with Crippen LogP contribution in [0.25, 0.3) is 0 Å². The van der Waals surface area contributed by atoms with Crippen LogP contribution in [0.15, 0.2) is 0 Å². The zero-order valence-electron chi connectivity index (χ0n) is 15.2. The van der Waals surface area contributed by atoms with Crippen molar-refractivity contribution < 1.29 is 19.4 Å². The molecule has 4 heteroatoms. The summed E-state index contributed by atoms with van der Waals surface area (Å²) in [5.74, 6) is 0.0979. The molecule has 1 heterocycles. The smallest absolute Gasteiger partial charge is 0.311 e. The number of hydrogen-bond acceptors (Lipinski definition) is 3. The van der Waals surface area contributed by atoms with Crippen molar-refractivity contribution in [2.24, 2.45) is 33.5 Å². The minimum Gasteiger partial charge on any atom is -0.481 e. The van der Waals surface area contributed by atoms with Gasteiger partial charge in [-0.15, -0.1) is 0 Å². The summed E-state index contributed by atoms with van der Waals surface area (Å²) in [6.07, 6.45) is 7.79. The van der Waals surface area contributed by atoms with Crippen LogP contribution in [0.1, 0.15) is 72.1 Å². The summed E-state index contributed by atoms with van der Waals surface area (Å²) in [7, 11) is 0. The second kappa shape index (κ2) is 4.76. The predicted octanol–water partition coefficient (Wildman–Crippen LogP) is 4.03. The molecule has 4 fully saturated rings. The molecule has 0 aromatic carbocycles. The Labute approximate surface area is 144 Å². The molecule has 1 saturated heterocycles. The van der Waals surface area contributed by atoms with E-state index >= 15 is 0 Å². The molecule has 2 bridgehead atoms. The van der Waals surface area contributed by atoms with E-state index in [0.717, 1.165) is 51.4 Å². The van der Waals surface area contributed by atoms with Crippen LogP contribution < -0.4 is 0 Å². The highest BCUT2D eigenvalue weighted by Gasteiger charge is 2.67. The monoisotopic (exact) mass is 334 g/mol. The van der Waals surface area contributed by atoms with Gasteiger partial charge in [-0.2, -0.15) is 0 Å². The quantitative estimate of drug-likeness (QED) is 0.735. The molecule has 3 aliphatic carbocycles. The van der Waals surface area contributed by atoms with Gasteiger partial charge < -0.3 is 9.84 Å². The van der Waals surface area contributed by atoms with Crippen LogP contribution in [0, 0.1) is 33.5 Å². The third-order valence-corrected chi connectivity index (χ3v) is 8.64. The lowest BCUT2D eigenvalue weighted by molar-refractivity contribution is -0.225. The van der Waals surface area contributed by atoms with E-state index in [-0.39, 0.29) is 28.1 Å². The Kier molecular flexibility index (Phi) is 3.26. The first-order chi connectivity index (χ1) is 11.2. The minimum atomic E-state index is -0.620. The first kappa shape index (κ1) is 16.4. The van der Waals surface area contributed by atoms with Crippen LogP contribution in [-0.4, -0.2) is 23.7 Å². The van der Waals surface area contributed by atoms with Crippen molar-refractivity contribution >= 4 is 11.9 Å². The zero-order valence-corrected chi connectivity index (χ0v) is 15.2. The third kappa shape index (κ3) is 1.86. The largest absolute Gasteiger partial charge is 0.481 e. The number of hydrogen-bond donors (Lipinski definition) is 1. The number of carbonyl (C=O) groups is 2. The standard InChI is InChI=1S/C20H30O4/c1-17-9-5-14-18(2)7-4-8-19(3,15(21)22)13(18)6-10-20(14,11-17)12-24-16(17)23/h13-14H,4-12H2,1-3H3,(H,21,22)/t13-,14-,17-,18+,19+,20+/m0/s1. The number of rotatable bonds is 1. The number of aliphatic carboxylic acids is 1. The summed E-state index contributed by atoms with van der Waals surface area (Å²) in [6.45, 7) is 6.95. The number of ether oxygens (including phenoxy) is 1. The van der Waals surface area contributed by atoms with Crippen LogP contribution in [0.3, 0.4) is 0 Å². The highest BCUT2D eigenvalue weighted by molar-refractivity contribution is 5.78. The third-order valence-electron chi connectivity index (χ3n) is 8.64. The van der Waals surface area contributed by atoms with Crippen molar-refractivity contribution in [3.63, 3.8) is 0 Å². The molecule has 0 unspecified atom stereocenters. The molecule has 0 aromatic heterocycles. The van der Waals surface area contributed by atoms with Gasteiger partial charge in [0.15, 0.2) is 0 Å². The molecule has 1 N–H and O–H groups in total. The van der Waals surface area contributed by atoms with Crippen molar-refractivity contribution in [2.45, 2.75) is 72.1 Å². The van der Waals surface area contributed by atoms with Gasteiger partial charge in [-0.1, -0.05) is 13.3 Å². The molecule has 1 spiro atoms. The second-order valence-corrected chi connectivity index (χ2v) is 9.94. The molecule has 0 radical (unpaired) electrons. The first-order valence-electron chi connectivity index (χ1n) is 9.57. The van der Waals surface area contributed by atoms with E-state index in [1.807, 2.05) is 6.92 Å². The number of esters is 1. The van der Waals surface area contributed by atoms with Gasteiger partial charge in [0, 0.05) is 5.41 Å². The van der Waals surface area contributed by atoms with Crippen LogP contribution >= 0.6 is 0 Å². The molecule has 3 saturated carbocycles. The van der Waals surface area contributed by atoms with Crippen molar-refractivity contribution in [3.05, 3.63) is 0 Å². The fourth-order valence-corrected chi connectivity index (χ4v) is 7.50. The van der Waals surface area contributed by atoms with E-state index in [0.29, 0.717) is 12.5 Å². The maximum absolute atomic E-state index is 12.3. The van der Waals surface area contributed by atoms with Gasteiger partial charge in [0.05, 0.1) is 17.4 Å². The van der Waals surface area contributed by atoms with Crippen molar-refractivity contribution in [3.8, 4) is 0 Å². The molecule has 6 atom stereocenters. The Morgan fingerprint density at radius 1 is 1.08 bits per heavy atom. The van der Waals surface area contributed by atoms with Gasteiger partial charge >= 0.3 is 11.9 Å². The summed E-state index contributed by atoms with van der Waals surface area (Å²) in [5.41, 5.74) is -0.763. The van der Waals surface area contributed by atoms with Gasteiger partial charge in [0.2, 0.25) is 0 Å². The number of carboxylic acids is 1. The Morgan fingerprint density at radius 2 is 1.79 bits per heavy atom. The fraction of sp³-hybridized carbons (Fsp3) is 0.900. The summed E-state index contributed by atoms with van der Waals surface area (Å²) in [5, 5.41) is 9.93. The zero-order chi connectivity index (χ0) is 17.4. The Hall–Kier alpha value is -1.06. The highest BCUT2D eigenvalue weighted by atomic mass is 16.5. The van der Waals surface area contributed by atoms with Crippen LogP contribution in [0.5, 0.6) is 0 Å². The van der Waals surface area contributed by atoms with E-state index in [1.165, 1.54) is 0 Å². The predicted molar refractivity (Wildman–Crippen MR) is 89.3 cm³/mol. The first-order valence-corrected chi connectivity index (χ1v) is 9.57. The summed E-state index contributed by atoms with van der Waals surface area (Å²) < 4.78 is 5.68. The highest BCUT2D eigenvalue weighted by Crippen LogP contribution is 2.70. The average molecular weight is 334 g/mol. The lowest BCUT2D eigenvalue weighted by Crippen LogP contribution is -2.63. The molecule has 4 aliphatic rings. The molecule has 4 nitrogen and oxygen atoms in total. The van der Waals surface area contributed by atoms with E-state index in [4.69, 9.17) is 4.74 Å². The molecular weight excluding hydrogens is 304 g/mol. The summed E-state index contributed by atoms with van der Waals surface area (Å²) >= 11 is 0. The van der Waals surface area contributed by atoms with Crippen LogP contribution in [-0.2, 0) is 14.3 Å². The van der Waals surface area contributed by atoms with Crippen molar-refractivity contribution in [1.82, 2.24) is 0 Å². The van der Waals surface area contributed by atoms with E-state index in [2.05, 4.69) is 13.8 Å². The maximum Gasteiger partial charge on any atom is 0.311 e. The normalized spacial score (nSPS) is 53.5.